The number of aromatic nitrogens is 2. The highest BCUT2D eigenvalue weighted by Crippen LogP contribution is 2.24. The fourth-order valence-corrected chi connectivity index (χ4v) is 2.49. The van der Waals surface area contributed by atoms with Crippen molar-refractivity contribution in [2.75, 3.05) is 7.05 Å². The lowest BCUT2D eigenvalue weighted by Gasteiger charge is -2.17. The van der Waals surface area contributed by atoms with E-state index in [1.807, 2.05) is 18.8 Å². The van der Waals surface area contributed by atoms with Crippen LogP contribution in [0.4, 0.5) is 0 Å². The number of rotatable bonds is 4. The molecule has 0 saturated carbocycles. The van der Waals surface area contributed by atoms with E-state index in [9.17, 15) is 0 Å². The van der Waals surface area contributed by atoms with Gasteiger partial charge in [0.2, 0.25) is 0 Å². The molecule has 96 valence electrons. The van der Waals surface area contributed by atoms with Crippen LogP contribution < -0.4 is 5.32 Å². The molecule has 2 aromatic rings. The predicted molar refractivity (Wildman–Crippen MR) is 74.6 cm³/mol. The molecule has 0 bridgehead atoms. The van der Waals surface area contributed by atoms with Gasteiger partial charge in [0.05, 0.1) is 5.69 Å². The Labute approximate surface area is 109 Å². The maximum atomic E-state index is 4.50. The minimum atomic E-state index is 0.320. The van der Waals surface area contributed by atoms with Gasteiger partial charge in [-0.3, -0.25) is 4.68 Å². The van der Waals surface area contributed by atoms with Crippen molar-refractivity contribution >= 4 is 0 Å². The molecule has 3 heteroatoms. The Morgan fingerprint density at radius 3 is 2.39 bits per heavy atom. The van der Waals surface area contributed by atoms with E-state index in [2.05, 4.69) is 54.6 Å². The maximum absolute atomic E-state index is 4.50. The monoisotopic (exact) mass is 243 g/mol. The molecule has 0 aliphatic heterocycles. The first-order valence-corrected chi connectivity index (χ1v) is 6.34. The van der Waals surface area contributed by atoms with E-state index in [1.54, 1.807) is 0 Å². The molecule has 18 heavy (non-hydrogen) atoms. The Morgan fingerprint density at radius 2 is 1.89 bits per heavy atom. The minimum Gasteiger partial charge on any atom is -0.313 e. The number of hydrogen-bond acceptors (Lipinski definition) is 2. The van der Waals surface area contributed by atoms with Crippen molar-refractivity contribution in [1.82, 2.24) is 15.1 Å². The summed E-state index contributed by atoms with van der Waals surface area (Å²) >= 11 is 0. The number of nitrogens with zero attached hydrogens (tertiary/aromatic N) is 2. The van der Waals surface area contributed by atoms with Crippen molar-refractivity contribution in [1.29, 1.82) is 0 Å². The number of aryl methyl sites for hydroxylation is 2. The normalized spacial score (nSPS) is 12.7. The summed E-state index contributed by atoms with van der Waals surface area (Å²) in [4.78, 5) is 0. The molecule has 0 spiro atoms. The molecule has 1 aromatic carbocycles. The average Bonchev–Trinajstić information content (AvgIpc) is 2.62. The summed E-state index contributed by atoms with van der Waals surface area (Å²) in [7, 11) is 4.01. The smallest absolute Gasteiger partial charge is 0.0644 e. The van der Waals surface area contributed by atoms with E-state index in [0.29, 0.717) is 6.04 Å². The van der Waals surface area contributed by atoms with Crippen LogP contribution in [0.1, 0.15) is 28.6 Å². The Kier molecular flexibility index (Phi) is 3.82. The van der Waals surface area contributed by atoms with Crippen LogP contribution in [-0.2, 0) is 13.5 Å². The first-order chi connectivity index (χ1) is 8.63. The largest absolute Gasteiger partial charge is 0.313 e. The zero-order valence-corrected chi connectivity index (χ0v) is 11.6. The molecule has 1 unspecified atom stereocenters. The topological polar surface area (TPSA) is 29.9 Å². The Hall–Kier alpha value is -1.61. The second-order valence-corrected chi connectivity index (χ2v) is 4.74. The number of likely N-dealkylation sites (N-methyl/N-ethyl adjacent to an activating group) is 1. The first-order valence-electron chi connectivity index (χ1n) is 6.34. The van der Waals surface area contributed by atoms with Crippen LogP contribution in [0.3, 0.4) is 0 Å². The Morgan fingerprint density at radius 1 is 1.22 bits per heavy atom. The molecule has 3 nitrogen and oxygen atoms in total. The van der Waals surface area contributed by atoms with Crippen LogP contribution in [0, 0.1) is 13.8 Å². The molecule has 0 aliphatic rings. The lowest BCUT2D eigenvalue weighted by molar-refractivity contribution is 0.584. The second kappa shape index (κ2) is 5.36. The van der Waals surface area contributed by atoms with Crippen LogP contribution in [0.5, 0.6) is 0 Å². The van der Waals surface area contributed by atoms with Crippen LogP contribution in [-0.4, -0.2) is 16.8 Å². The van der Waals surface area contributed by atoms with Crippen molar-refractivity contribution in [3.8, 4) is 0 Å². The third kappa shape index (κ3) is 2.46. The van der Waals surface area contributed by atoms with E-state index in [1.165, 1.54) is 16.8 Å². The number of hydrogen-bond donors (Lipinski definition) is 1. The molecule has 1 aromatic heterocycles. The third-order valence-electron chi connectivity index (χ3n) is 3.54. The van der Waals surface area contributed by atoms with Crippen LogP contribution in [0.25, 0.3) is 0 Å². The van der Waals surface area contributed by atoms with Crippen LogP contribution in [0.15, 0.2) is 30.3 Å². The van der Waals surface area contributed by atoms with Gasteiger partial charge in [-0.25, -0.2) is 0 Å². The summed E-state index contributed by atoms with van der Waals surface area (Å²) in [6, 6.07) is 10.9. The molecule has 0 saturated heterocycles. The van der Waals surface area contributed by atoms with Crippen molar-refractivity contribution < 1.29 is 0 Å². The fourth-order valence-electron chi connectivity index (χ4n) is 2.49. The molecule has 0 aliphatic carbocycles. The van der Waals surface area contributed by atoms with Gasteiger partial charge in [-0.05, 0) is 32.9 Å². The highest BCUT2D eigenvalue weighted by Gasteiger charge is 2.18. The van der Waals surface area contributed by atoms with E-state index in [-0.39, 0.29) is 0 Å². The van der Waals surface area contributed by atoms with Gasteiger partial charge < -0.3 is 5.32 Å². The summed E-state index contributed by atoms with van der Waals surface area (Å²) in [5.74, 6) is 0. The van der Waals surface area contributed by atoms with Crippen LogP contribution in [0.2, 0.25) is 0 Å². The SMILES string of the molecule is CNC(Cc1ccccc1)c1c(C)nn(C)c1C. The van der Waals surface area contributed by atoms with E-state index < -0.39 is 0 Å². The molecular formula is C15H21N3. The molecule has 2 rings (SSSR count). The summed E-state index contributed by atoms with van der Waals surface area (Å²) < 4.78 is 1.96. The van der Waals surface area contributed by atoms with Crippen molar-refractivity contribution in [3.05, 3.63) is 52.8 Å². The van der Waals surface area contributed by atoms with Crippen molar-refractivity contribution in [2.24, 2.45) is 7.05 Å². The summed E-state index contributed by atoms with van der Waals surface area (Å²) in [5.41, 5.74) is 5.02. The van der Waals surface area contributed by atoms with Gasteiger partial charge in [0.25, 0.3) is 0 Å². The van der Waals surface area contributed by atoms with Gasteiger partial charge in [0.15, 0.2) is 0 Å². The lowest BCUT2D eigenvalue weighted by Crippen LogP contribution is -2.20. The van der Waals surface area contributed by atoms with Crippen LogP contribution >= 0.6 is 0 Å². The zero-order valence-electron chi connectivity index (χ0n) is 11.6. The lowest BCUT2D eigenvalue weighted by atomic mass is 9.97. The third-order valence-corrected chi connectivity index (χ3v) is 3.54. The number of benzene rings is 1. The highest BCUT2D eigenvalue weighted by molar-refractivity contribution is 5.30. The van der Waals surface area contributed by atoms with E-state index in [4.69, 9.17) is 0 Å². The minimum absolute atomic E-state index is 0.320. The van der Waals surface area contributed by atoms with E-state index in [0.717, 1.165) is 12.1 Å². The molecule has 0 radical (unpaired) electrons. The Balaban J connectivity index is 2.29. The van der Waals surface area contributed by atoms with Gasteiger partial charge in [0, 0.05) is 24.3 Å². The molecule has 0 fully saturated rings. The summed E-state index contributed by atoms with van der Waals surface area (Å²) in [5, 5.41) is 7.91. The molecule has 1 atom stereocenters. The summed E-state index contributed by atoms with van der Waals surface area (Å²) in [6.07, 6.45) is 0.991. The highest BCUT2D eigenvalue weighted by atomic mass is 15.3. The molecule has 1 N–H and O–H groups in total. The van der Waals surface area contributed by atoms with Gasteiger partial charge in [-0.2, -0.15) is 5.10 Å². The fraction of sp³-hybridized carbons (Fsp3) is 0.400. The zero-order chi connectivity index (χ0) is 13.1. The van der Waals surface area contributed by atoms with Crippen molar-refractivity contribution in [3.63, 3.8) is 0 Å². The van der Waals surface area contributed by atoms with Gasteiger partial charge in [-0.1, -0.05) is 30.3 Å². The molecule has 1 heterocycles. The maximum Gasteiger partial charge on any atom is 0.0644 e. The van der Waals surface area contributed by atoms with Crippen molar-refractivity contribution in [2.45, 2.75) is 26.3 Å². The van der Waals surface area contributed by atoms with Gasteiger partial charge in [-0.15, -0.1) is 0 Å². The van der Waals surface area contributed by atoms with Gasteiger partial charge >= 0.3 is 0 Å². The predicted octanol–water partition coefficient (Wildman–Crippen LogP) is 2.54. The standard InChI is InChI=1S/C15H21N3/c1-11-15(12(2)18(4)17-11)14(16-3)10-13-8-6-5-7-9-13/h5-9,14,16H,10H2,1-4H3. The first kappa shape index (κ1) is 12.8. The van der Waals surface area contributed by atoms with Gasteiger partial charge in [0.1, 0.15) is 0 Å². The number of nitrogens with one attached hydrogen (secondary N) is 1. The quantitative estimate of drug-likeness (QED) is 0.894. The summed E-state index contributed by atoms with van der Waals surface area (Å²) in [6.45, 7) is 4.21. The Bertz CT molecular complexity index is 514. The average molecular weight is 243 g/mol. The molecule has 0 amide bonds. The second-order valence-electron chi connectivity index (χ2n) is 4.74. The molecular weight excluding hydrogens is 222 g/mol. The van der Waals surface area contributed by atoms with E-state index >= 15 is 0 Å².